The van der Waals surface area contributed by atoms with Crippen LogP contribution in [0.15, 0.2) is 12.1 Å². The normalized spacial score (nSPS) is 14.5. The van der Waals surface area contributed by atoms with Crippen LogP contribution in [0.1, 0.15) is 29.5 Å². The molecule has 1 aliphatic rings. The van der Waals surface area contributed by atoms with Gasteiger partial charge in [-0.2, -0.15) is 0 Å². The van der Waals surface area contributed by atoms with Crippen molar-refractivity contribution in [3.63, 3.8) is 0 Å². The zero-order chi connectivity index (χ0) is 9.26. The Hall–Kier alpha value is -1.38. The Kier molecular flexibility index (Phi) is 2.00. The molecule has 1 aromatic rings. The van der Waals surface area contributed by atoms with Crippen molar-refractivity contribution in [3.8, 4) is 0 Å². The molecular weight excluding hydrogens is 164 g/mol. The van der Waals surface area contributed by atoms with Gasteiger partial charge >= 0.3 is 0 Å². The van der Waals surface area contributed by atoms with Crippen molar-refractivity contribution in [2.75, 3.05) is 11.9 Å². The van der Waals surface area contributed by atoms with Gasteiger partial charge in [-0.15, -0.1) is 0 Å². The van der Waals surface area contributed by atoms with E-state index in [0.717, 1.165) is 30.8 Å². The minimum absolute atomic E-state index is 0.0355. The standard InChI is InChI=1S/C10H12N2O/c1-7(13)8-4-5-9-10(12-8)3-2-6-11-9/h4-5,11H,2-3,6H2,1H3. The number of nitrogens with zero attached hydrogens (tertiary/aromatic N) is 1. The highest BCUT2D eigenvalue weighted by molar-refractivity contribution is 5.92. The maximum atomic E-state index is 11.0. The van der Waals surface area contributed by atoms with Crippen LogP contribution in [0.25, 0.3) is 0 Å². The van der Waals surface area contributed by atoms with Gasteiger partial charge in [-0.1, -0.05) is 0 Å². The Morgan fingerprint density at radius 2 is 2.38 bits per heavy atom. The van der Waals surface area contributed by atoms with Gasteiger partial charge in [0.15, 0.2) is 5.78 Å². The Morgan fingerprint density at radius 3 is 3.15 bits per heavy atom. The zero-order valence-corrected chi connectivity index (χ0v) is 7.63. The van der Waals surface area contributed by atoms with E-state index >= 15 is 0 Å². The van der Waals surface area contributed by atoms with Gasteiger partial charge < -0.3 is 5.32 Å². The van der Waals surface area contributed by atoms with Crippen molar-refractivity contribution >= 4 is 11.5 Å². The van der Waals surface area contributed by atoms with Crippen LogP contribution in [-0.2, 0) is 6.42 Å². The van der Waals surface area contributed by atoms with Crippen LogP contribution in [0.4, 0.5) is 5.69 Å². The van der Waals surface area contributed by atoms with E-state index in [2.05, 4.69) is 10.3 Å². The van der Waals surface area contributed by atoms with Crippen molar-refractivity contribution in [3.05, 3.63) is 23.5 Å². The van der Waals surface area contributed by atoms with Crippen LogP contribution in [-0.4, -0.2) is 17.3 Å². The highest BCUT2D eigenvalue weighted by Gasteiger charge is 2.11. The van der Waals surface area contributed by atoms with Crippen molar-refractivity contribution in [2.24, 2.45) is 0 Å². The maximum Gasteiger partial charge on any atom is 0.178 e. The largest absolute Gasteiger partial charge is 0.384 e. The molecule has 0 fully saturated rings. The number of rotatable bonds is 1. The Bertz CT molecular complexity index is 347. The lowest BCUT2D eigenvalue weighted by Gasteiger charge is -2.16. The molecule has 0 aliphatic carbocycles. The first-order chi connectivity index (χ1) is 6.27. The molecule has 3 heteroatoms. The zero-order valence-electron chi connectivity index (χ0n) is 7.63. The summed E-state index contributed by atoms with van der Waals surface area (Å²) < 4.78 is 0. The van der Waals surface area contributed by atoms with Crippen LogP contribution in [0.2, 0.25) is 0 Å². The molecular formula is C10H12N2O. The summed E-state index contributed by atoms with van der Waals surface area (Å²) in [5.74, 6) is 0.0355. The summed E-state index contributed by atoms with van der Waals surface area (Å²) in [4.78, 5) is 15.3. The van der Waals surface area contributed by atoms with E-state index < -0.39 is 0 Å². The number of aryl methyl sites for hydroxylation is 1. The van der Waals surface area contributed by atoms with E-state index in [1.165, 1.54) is 0 Å². The number of pyridine rings is 1. The van der Waals surface area contributed by atoms with Gasteiger partial charge in [0.1, 0.15) is 5.69 Å². The molecule has 2 rings (SSSR count). The molecule has 0 amide bonds. The second-order valence-corrected chi connectivity index (χ2v) is 3.28. The van der Waals surface area contributed by atoms with E-state index in [1.807, 2.05) is 6.07 Å². The SMILES string of the molecule is CC(=O)c1ccc2c(n1)CCCN2. The van der Waals surface area contributed by atoms with Crippen LogP contribution in [0.3, 0.4) is 0 Å². The smallest absolute Gasteiger partial charge is 0.178 e. The molecule has 1 aromatic heterocycles. The van der Waals surface area contributed by atoms with Gasteiger partial charge in [0.2, 0.25) is 0 Å². The molecule has 0 bridgehead atoms. The Balaban J connectivity index is 2.40. The molecule has 2 heterocycles. The summed E-state index contributed by atoms with van der Waals surface area (Å²) in [6, 6.07) is 3.72. The molecule has 0 atom stereocenters. The molecule has 13 heavy (non-hydrogen) atoms. The molecule has 0 unspecified atom stereocenters. The highest BCUT2D eigenvalue weighted by Crippen LogP contribution is 2.19. The average molecular weight is 176 g/mol. The van der Waals surface area contributed by atoms with Crippen molar-refractivity contribution < 1.29 is 4.79 Å². The van der Waals surface area contributed by atoms with E-state index in [4.69, 9.17) is 0 Å². The van der Waals surface area contributed by atoms with Gasteiger partial charge in [0, 0.05) is 13.5 Å². The van der Waals surface area contributed by atoms with E-state index in [1.54, 1.807) is 13.0 Å². The second-order valence-electron chi connectivity index (χ2n) is 3.28. The predicted octanol–water partition coefficient (Wildman–Crippen LogP) is 1.64. The van der Waals surface area contributed by atoms with E-state index in [9.17, 15) is 4.79 Å². The van der Waals surface area contributed by atoms with Gasteiger partial charge in [0.25, 0.3) is 0 Å². The second kappa shape index (κ2) is 3.17. The number of carbonyl (C=O) groups is 1. The van der Waals surface area contributed by atoms with Crippen LogP contribution < -0.4 is 5.32 Å². The minimum atomic E-state index is 0.0355. The van der Waals surface area contributed by atoms with Crippen LogP contribution >= 0.6 is 0 Å². The number of fused-ring (bicyclic) bond motifs is 1. The first-order valence-electron chi connectivity index (χ1n) is 4.52. The molecule has 1 aliphatic heterocycles. The lowest BCUT2D eigenvalue weighted by atomic mass is 10.1. The van der Waals surface area contributed by atoms with Crippen LogP contribution in [0.5, 0.6) is 0 Å². The lowest BCUT2D eigenvalue weighted by molar-refractivity contribution is 0.101. The lowest BCUT2D eigenvalue weighted by Crippen LogP contribution is -2.14. The first-order valence-corrected chi connectivity index (χ1v) is 4.52. The minimum Gasteiger partial charge on any atom is -0.384 e. The van der Waals surface area contributed by atoms with E-state index in [0.29, 0.717) is 5.69 Å². The third-order valence-corrected chi connectivity index (χ3v) is 2.24. The fourth-order valence-corrected chi connectivity index (χ4v) is 1.53. The topological polar surface area (TPSA) is 42.0 Å². The maximum absolute atomic E-state index is 11.0. The number of nitrogens with one attached hydrogen (secondary N) is 1. The number of Topliss-reactive ketones (excluding diaryl/α,β-unsaturated/α-hetero) is 1. The number of aromatic nitrogens is 1. The van der Waals surface area contributed by atoms with Gasteiger partial charge in [-0.05, 0) is 25.0 Å². The summed E-state index contributed by atoms with van der Waals surface area (Å²) in [5, 5.41) is 3.25. The number of hydrogen-bond acceptors (Lipinski definition) is 3. The average Bonchev–Trinajstić information content (AvgIpc) is 2.17. The number of carbonyl (C=O) groups excluding carboxylic acids is 1. The molecule has 0 saturated heterocycles. The monoisotopic (exact) mass is 176 g/mol. The summed E-state index contributed by atoms with van der Waals surface area (Å²) in [7, 11) is 0. The van der Waals surface area contributed by atoms with Crippen molar-refractivity contribution in [1.82, 2.24) is 4.98 Å². The molecule has 0 radical (unpaired) electrons. The quantitative estimate of drug-likeness (QED) is 0.661. The summed E-state index contributed by atoms with van der Waals surface area (Å²) in [6.45, 7) is 2.55. The molecule has 1 N–H and O–H groups in total. The van der Waals surface area contributed by atoms with Gasteiger partial charge in [0.05, 0.1) is 11.4 Å². The molecule has 0 aromatic carbocycles. The Morgan fingerprint density at radius 1 is 1.54 bits per heavy atom. The van der Waals surface area contributed by atoms with Gasteiger partial charge in [-0.25, -0.2) is 4.98 Å². The summed E-state index contributed by atoms with van der Waals surface area (Å²) in [5.41, 5.74) is 2.68. The molecule has 0 spiro atoms. The highest BCUT2D eigenvalue weighted by atomic mass is 16.1. The third-order valence-electron chi connectivity index (χ3n) is 2.24. The van der Waals surface area contributed by atoms with Crippen molar-refractivity contribution in [2.45, 2.75) is 19.8 Å². The fourth-order valence-electron chi connectivity index (χ4n) is 1.53. The van der Waals surface area contributed by atoms with Gasteiger partial charge in [-0.3, -0.25) is 4.79 Å². The van der Waals surface area contributed by atoms with Crippen LogP contribution in [0, 0.1) is 0 Å². The Labute approximate surface area is 77.2 Å². The summed E-state index contributed by atoms with van der Waals surface area (Å²) >= 11 is 0. The number of ketones is 1. The molecule has 68 valence electrons. The van der Waals surface area contributed by atoms with Crippen molar-refractivity contribution in [1.29, 1.82) is 0 Å². The summed E-state index contributed by atoms with van der Waals surface area (Å²) in [6.07, 6.45) is 2.07. The number of hydrogen-bond donors (Lipinski definition) is 1. The van der Waals surface area contributed by atoms with E-state index in [-0.39, 0.29) is 5.78 Å². The molecule has 0 saturated carbocycles. The third kappa shape index (κ3) is 1.54. The molecule has 3 nitrogen and oxygen atoms in total. The predicted molar refractivity (Wildman–Crippen MR) is 51.1 cm³/mol. The fraction of sp³-hybridized carbons (Fsp3) is 0.400. The first kappa shape index (κ1) is 8.23. The number of anilines is 1.